The summed E-state index contributed by atoms with van der Waals surface area (Å²) in [7, 11) is 0. The molecule has 0 aliphatic rings. The van der Waals surface area contributed by atoms with Crippen LogP contribution in [0.15, 0.2) is 24.3 Å². The lowest BCUT2D eigenvalue weighted by Gasteiger charge is -2.01. The molecule has 0 saturated heterocycles. The van der Waals surface area contributed by atoms with Crippen molar-refractivity contribution in [3.63, 3.8) is 0 Å². The standard InChI is InChI=1S/C11H7Cl2N5OS/c12-9-16-10(13)18(17-9)5-8(19)15-11-14-6-3-1-2-4-7(6)20-11/h1-4H,5H2,(H,14,15,19). The quantitative estimate of drug-likeness (QED) is 0.802. The van der Waals surface area contributed by atoms with Gasteiger partial charge in [-0.15, -0.1) is 5.10 Å². The number of nitrogens with one attached hydrogen (secondary N) is 1. The Morgan fingerprint density at radius 3 is 2.80 bits per heavy atom. The van der Waals surface area contributed by atoms with Crippen molar-refractivity contribution in [2.24, 2.45) is 0 Å². The molecule has 102 valence electrons. The van der Waals surface area contributed by atoms with Crippen LogP contribution in [0.2, 0.25) is 10.6 Å². The van der Waals surface area contributed by atoms with Gasteiger partial charge in [0.1, 0.15) is 6.54 Å². The third-order valence-corrected chi connectivity index (χ3v) is 3.83. The summed E-state index contributed by atoms with van der Waals surface area (Å²) in [6.45, 7) is -0.0749. The highest BCUT2D eigenvalue weighted by Crippen LogP contribution is 2.25. The molecule has 9 heteroatoms. The first-order valence-corrected chi connectivity index (χ1v) is 7.10. The van der Waals surface area contributed by atoms with Gasteiger partial charge >= 0.3 is 0 Å². The van der Waals surface area contributed by atoms with Gasteiger partial charge in [-0.3, -0.25) is 4.79 Å². The molecular formula is C11H7Cl2N5OS. The molecule has 0 bridgehead atoms. The molecule has 3 rings (SSSR count). The van der Waals surface area contributed by atoms with E-state index in [1.165, 1.54) is 16.0 Å². The fraction of sp³-hybridized carbons (Fsp3) is 0.0909. The molecule has 3 aromatic rings. The van der Waals surface area contributed by atoms with Crippen molar-refractivity contribution in [1.29, 1.82) is 0 Å². The van der Waals surface area contributed by atoms with E-state index in [9.17, 15) is 4.79 Å². The average Bonchev–Trinajstić information content (AvgIpc) is 2.92. The number of amides is 1. The Kier molecular flexibility index (Phi) is 3.56. The second-order valence-electron chi connectivity index (χ2n) is 3.84. The lowest BCUT2D eigenvalue weighted by atomic mass is 10.3. The minimum absolute atomic E-state index is 0.00258. The maximum atomic E-state index is 11.9. The number of carbonyl (C=O) groups excluding carboxylic acids is 1. The van der Waals surface area contributed by atoms with Gasteiger partial charge in [0.2, 0.25) is 16.5 Å². The van der Waals surface area contributed by atoms with Crippen LogP contribution < -0.4 is 5.32 Å². The minimum atomic E-state index is -0.299. The first-order chi connectivity index (χ1) is 9.61. The summed E-state index contributed by atoms with van der Waals surface area (Å²) >= 11 is 12.8. The number of rotatable bonds is 3. The van der Waals surface area contributed by atoms with Crippen LogP contribution in [-0.4, -0.2) is 25.7 Å². The summed E-state index contributed by atoms with van der Waals surface area (Å²) in [5, 5.41) is 7.08. The topological polar surface area (TPSA) is 72.7 Å². The van der Waals surface area contributed by atoms with Gasteiger partial charge in [0.15, 0.2) is 5.13 Å². The molecule has 6 nitrogen and oxygen atoms in total. The van der Waals surface area contributed by atoms with E-state index in [1.54, 1.807) is 0 Å². The van der Waals surface area contributed by atoms with Crippen molar-refractivity contribution in [3.8, 4) is 0 Å². The molecule has 1 N–H and O–H groups in total. The van der Waals surface area contributed by atoms with Crippen LogP contribution in [-0.2, 0) is 11.3 Å². The molecule has 0 unspecified atom stereocenters. The van der Waals surface area contributed by atoms with Gasteiger partial charge in [-0.2, -0.15) is 4.98 Å². The van der Waals surface area contributed by atoms with Gasteiger partial charge in [-0.25, -0.2) is 9.67 Å². The van der Waals surface area contributed by atoms with Gasteiger partial charge < -0.3 is 5.32 Å². The molecule has 0 fully saturated rings. The Hall–Kier alpha value is -1.70. The minimum Gasteiger partial charge on any atom is -0.300 e. The lowest BCUT2D eigenvalue weighted by Crippen LogP contribution is -2.19. The summed E-state index contributed by atoms with van der Waals surface area (Å²) in [5.41, 5.74) is 0.842. The normalized spacial score (nSPS) is 10.9. The van der Waals surface area contributed by atoms with Crippen LogP contribution >= 0.6 is 34.5 Å². The second kappa shape index (κ2) is 5.35. The number of benzene rings is 1. The Morgan fingerprint density at radius 1 is 1.30 bits per heavy atom. The van der Waals surface area contributed by atoms with E-state index < -0.39 is 0 Å². The first kappa shape index (κ1) is 13.3. The third kappa shape index (κ3) is 2.74. The Bertz CT molecular complexity index is 751. The van der Waals surface area contributed by atoms with Crippen molar-refractivity contribution < 1.29 is 4.79 Å². The summed E-state index contributed by atoms with van der Waals surface area (Å²) < 4.78 is 2.22. The van der Waals surface area contributed by atoms with Crippen molar-refractivity contribution >= 4 is 55.8 Å². The highest BCUT2D eigenvalue weighted by molar-refractivity contribution is 7.22. The number of hydrogen-bond donors (Lipinski definition) is 1. The monoisotopic (exact) mass is 327 g/mol. The van der Waals surface area contributed by atoms with E-state index in [4.69, 9.17) is 23.2 Å². The zero-order valence-electron chi connectivity index (χ0n) is 9.88. The molecule has 1 amide bonds. The molecule has 20 heavy (non-hydrogen) atoms. The van der Waals surface area contributed by atoms with Gasteiger partial charge in [-0.1, -0.05) is 23.5 Å². The van der Waals surface area contributed by atoms with Gasteiger partial charge in [-0.05, 0) is 35.3 Å². The van der Waals surface area contributed by atoms with Crippen molar-refractivity contribution in [2.45, 2.75) is 6.54 Å². The van der Waals surface area contributed by atoms with Crippen LogP contribution in [0.3, 0.4) is 0 Å². The number of aromatic nitrogens is 4. The van der Waals surface area contributed by atoms with E-state index in [2.05, 4.69) is 20.4 Å². The Balaban J connectivity index is 1.74. The number of carbonyl (C=O) groups is 1. The molecular weight excluding hydrogens is 321 g/mol. The fourth-order valence-corrected chi connectivity index (χ4v) is 2.89. The number of para-hydroxylation sites is 1. The molecule has 1 aromatic carbocycles. The summed E-state index contributed by atoms with van der Waals surface area (Å²) in [5.74, 6) is -0.299. The number of thiazole rings is 1. The smallest absolute Gasteiger partial charge is 0.248 e. The zero-order chi connectivity index (χ0) is 14.1. The number of nitrogens with zero attached hydrogens (tertiary/aromatic N) is 4. The maximum absolute atomic E-state index is 11.9. The molecule has 0 saturated carbocycles. The van der Waals surface area contributed by atoms with Crippen LogP contribution in [0, 0.1) is 0 Å². The SMILES string of the molecule is O=C(Cn1nc(Cl)nc1Cl)Nc1nc2ccccc2s1. The molecule has 0 aliphatic heterocycles. The molecule has 0 radical (unpaired) electrons. The van der Waals surface area contributed by atoms with Gasteiger partial charge in [0.25, 0.3) is 0 Å². The van der Waals surface area contributed by atoms with Crippen LogP contribution in [0.25, 0.3) is 10.2 Å². The summed E-state index contributed by atoms with van der Waals surface area (Å²) in [6, 6.07) is 7.64. The first-order valence-electron chi connectivity index (χ1n) is 5.53. The van der Waals surface area contributed by atoms with E-state index in [-0.39, 0.29) is 23.0 Å². The average molecular weight is 328 g/mol. The molecule has 0 spiro atoms. The highest BCUT2D eigenvalue weighted by Gasteiger charge is 2.12. The zero-order valence-corrected chi connectivity index (χ0v) is 12.2. The predicted molar refractivity (Wildman–Crippen MR) is 78.3 cm³/mol. The molecule has 0 atom stereocenters. The van der Waals surface area contributed by atoms with Crippen molar-refractivity contribution in [3.05, 3.63) is 34.8 Å². The number of halogens is 2. The fourth-order valence-electron chi connectivity index (χ4n) is 1.62. The van der Waals surface area contributed by atoms with Crippen LogP contribution in [0.1, 0.15) is 0 Å². The Labute approximate surface area is 127 Å². The van der Waals surface area contributed by atoms with Gasteiger partial charge in [0.05, 0.1) is 10.2 Å². The van der Waals surface area contributed by atoms with E-state index in [0.717, 1.165) is 10.2 Å². The molecule has 0 aliphatic carbocycles. The maximum Gasteiger partial charge on any atom is 0.248 e. The van der Waals surface area contributed by atoms with Crippen LogP contribution in [0.5, 0.6) is 0 Å². The predicted octanol–water partition coefficient (Wildman–Crippen LogP) is 2.83. The van der Waals surface area contributed by atoms with E-state index >= 15 is 0 Å². The van der Waals surface area contributed by atoms with E-state index in [0.29, 0.717) is 5.13 Å². The number of fused-ring (bicyclic) bond motifs is 1. The van der Waals surface area contributed by atoms with Crippen molar-refractivity contribution in [2.75, 3.05) is 5.32 Å². The lowest BCUT2D eigenvalue weighted by molar-refractivity contribution is -0.116. The second-order valence-corrected chi connectivity index (χ2v) is 5.55. The molecule has 2 heterocycles. The van der Waals surface area contributed by atoms with Crippen LogP contribution in [0.4, 0.5) is 5.13 Å². The number of hydrogen-bond acceptors (Lipinski definition) is 5. The highest BCUT2D eigenvalue weighted by atomic mass is 35.5. The largest absolute Gasteiger partial charge is 0.300 e. The molecule has 2 aromatic heterocycles. The van der Waals surface area contributed by atoms with Gasteiger partial charge in [0, 0.05) is 0 Å². The Morgan fingerprint density at radius 2 is 2.10 bits per heavy atom. The third-order valence-electron chi connectivity index (χ3n) is 2.43. The van der Waals surface area contributed by atoms with E-state index in [1.807, 2.05) is 24.3 Å². The number of anilines is 1. The summed E-state index contributed by atoms with van der Waals surface area (Å²) in [4.78, 5) is 19.9. The summed E-state index contributed by atoms with van der Waals surface area (Å²) in [6.07, 6.45) is 0. The van der Waals surface area contributed by atoms with Crippen molar-refractivity contribution in [1.82, 2.24) is 19.7 Å².